The van der Waals surface area contributed by atoms with Gasteiger partial charge in [0.25, 0.3) is 5.91 Å². The number of hydrogen-bond donors (Lipinski definition) is 4. The Morgan fingerprint density at radius 3 is 2.68 bits per heavy atom. The first-order valence-corrected chi connectivity index (χ1v) is 10.5. The Hall–Kier alpha value is -3.30. The van der Waals surface area contributed by atoms with E-state index in [9.17, 15) is 19.3 Å². The van der Waals surface area contributed by atoms with Crippen molar-refractivity contribution in [3.63, 3.8) is 0 Å². The molecule has 2 heterocycles. The summed E-state index contributed by atoms with van der Waals surface area (Å²) in [6.45, 7) is 4.34. The predicted molar refractivity (Wildman–Crippen MR) is 115 cm³/mol. The summed E-state index contributed by atoms with van der Waals surface area (Å²) >= 11 is 0. The van der Waals surface area contributed by atoms with E-state index in [1.54, 1.807) is 6.07 Å². The highest BCUT2D eigenvalue weighted by Crippen LogP contribution is 2.17. The molecule has 0 aliphatic carbocycles. The number of nitroso groups, excluding NO2 is 1. The first kappa shape index (κ1) is 22.4. The zero-order chi connectivity index (χ0) is 22.4. The second-order valence-electron chi connectivity index (χ2n) is 8.29. The number of carbonyl (C=O) groups excluding carboxylic acids is 3. The number of fused-ring (bicyclic) bond motifs is 1. The van der Waals surface area contributed by atoms with Crippen LogP contribution >= 0.6 is 0 Å². The van der Waals surface area contributed by atoms with E-state index in [1.165, 1.54) is 0 Å². The summed E-state index contributed by atoms with van der Waals surface area (Å²) in [6.07, 6.45) is 1.39. The Morgan fingerprint density at radius 2 is 2.03 bits per heavy atom. The van der Waals surface area contributed by atoms with Crippen molar-refractivity contribution < 1.29 is 14.4 Å². The van der Waals surface area contributed by atoms with Gasteiger partial charge >= 0.3 is 0 Å². The maximum Gasteiger partial charge on any atom is 0.287 e. The van der Waals surface area contributed by atoms with Crippen molar-refractivity contribution in [2.24, 2.45) is 17.0 Å². The molecule has 3 amide bonds. The van der Waals surface area contributed by atoms with Crippen LogP contribution in [0, 0.1) is 16.7 Å². The van der Waals surface area contributed by atoms with Gasteiger partial charge in [0.15, 0.2) is 5.82 Å². The molecule has 10 nitrogen and oxygen atoms in total. The van der Waals surface area contributed by atoms with Gasteiger partial charge in [0, 0.05) is 12.5 Å². The van der Waals surface area contributed by atoms with Gasteiger partial charge in [-0.1, -0.05) is 31.2 Å². The van der Waals surface area contributed by atoms with Crippen LogP contribution < -0.4 is 16.0 Å². The lowest BCUT2D eigenvalue weighted by molar-refractivity contribution is -0.125. The van der Waals surface area contributed by atoms with E-state index in [4.69, 9.17) is 0 Å². The van der Waals surface area contributed by atoms with Crippen LogP contribution in [0.5, 0.6) is 0 Å². The molecule has 1 saturated heterocycles. The Bertz CT molecular complexity index is 923. The summed E-state index contributed by atoms with van der Waals surface area (Å²) in [6, 6.07) is 5.88. The van der Waals surface area contributed by atoms with E-state index >= 15 is 0 Å². The number of aromatic nitrogens is 2. The van der Waals surface area contributed by atoms with Crippen LogP contribution in [0.2, 0.25) is 0 Å². The third kappa shape index (κ3) is 5.87. The average molecular weight is 428 g/mol. The van der Waals surface area contributed by atoms with Crippen molar-refractivity contribution in [2.45, 2.75) is 45.2 Å². The normalized spacial score (nSPS) is 17.9. The number of benzene rings is 1. The number of nitrogens with one attached hydrogen (secondary N) is 4. The lowest BCUT2D eigenvalue weighted by atomic mass is 9.97. The third-order valence-corrected chi connectivity index (χ3v) is 5.31. The maximum absolute atomic E-state index is 13.0. The van der Waals surface area contributed by atoms with Crippen LogP contribution in [-0.2, 0) is 9.59 Å². The standard InChI is InChI=1S/C21H28N6O4/c1-12(2)9-17(27-21(30)18-25-15-5-3-4-6-16(15)26-18)20(29)24-14(11-23-31)10-13-7-8-22-19(13)28/h3-6,12-14,17H,7-11H2,1-2H3,(H,22,28)(H,24,29)(H,25,26)(H,27,30)/t13-,14?,17?/m0/s1. The Balaban J connectivity index is 1.68. The second kappa shape index (κ2) is 10.1. The van der Waals surface area contributed by atoms with E-state index in [2.05, 4.69) is 31.1 Å². The van der Waals surface area contributed by atoms with Crippen molar-refractivity contribution in [3.05, 3.63) is 35.0 Å². The van der Waals surface area contributed by atoms with Gasteiger partial charge < -0.3 is 20.9 Å². The Morgan fingerprint density at radius 1 is 1.26 bits per heavy atom. The molecule has 31 heavy (non-hydrogen) atoms. The minimum Gasteiger partial charge on any atom is -0.356 e. The highest BCUT2D eigenvalue weighted by atomic mass is 16.3. The molecule has 1 aromatic heterocycles. The van der Waals surface area contributed by atoms with Crippen LogP contribution in [0.25, 0.3) is 11.0 Å². The van der Waals surface area contributed by atoms with Gasteiger partial charge in [-0.15, -0.1) is 0 Å². The number of aromatic amines is 1. The molecule has 1 aliphatic heterocycles. The molecule has 1 fully saturated rings. The fourth-order valence-corrected chi connectivity index (χ4v) is 3.77. The molecular formula is C21H28N6O4. The molecule has 0 spiro atoms. The zero-order valence-electron chi connectivity index (χ0n) is 17.7. The number of carbonyl (C=O) groups is 3. The summed E-state index contributed by atoms with van der Waals surface area (Å²) in [4.78, 5) is 55.6. The van der Waals surface area contributed by atoms with Crippen molar-refractivity contribution in [2.75, 3.05) is 13.1 Å². The monoisotopic (exact) mass is 428 g/mol. The van der Waals surface area contributed by atoms with E-state index < -0.39 is 23.9 Å². The molecule has 1 aliphatic rings. The number of amides is 3. The van der Waals surface area contributed by atoms with Crippen molar-refractivity contribution in [1.29, 1.82) is 0 Å². The number of nitrogens with zero attached hydrogens (tertiary/aromatic N) is 2. The SMILES string of the molecule is CC(C)CC(NC(=O)c1nc2ccccc2[nH]1)C(=O)NC(CN=O)C[C@@H]1CCNC1=O. The topological polar surface area (TPSA) is 145 Å². The highest BCUT2D eigenvalue weighted by molar-refractivity contribution is 5.97. The number of hydrogen-bond acceptors (Lipinski definition) is 6. The average Bonchev–Trinajstić information content (AvgIpc) is 3.33. The Kier molecular flexibility index (Phi) is 7.32. The second-order valence-corrected chi connectivity index (χ2v) is 8.29. The number of imidazole rings is 1. The number of H-pyrrole nitrogens is 1. The molecule has 10 heteroatoms. The molecule has 3 atom stereocenters. The van der Waals surface area contributed by atoms with Crippen molar-refractivity contribution in [1.82, 2.24) is 25.9 Å². The molecule has 4 N–H and O–H groups in total. The quantitative estimate of drug-likeness (QED) is 0.424. The van der Waals surface area contributed by atoms with E-state index in [0.29, 0.717) is 31.3 Å². The molecule has 2 aromatic rings. The predicted octanol–water partition coefficient (Wildman–Crippen LogP) is 1.48. The summed E-state index contributed by atoms with van der Waals surface area (Å²) in [5.41, 5.74) is 1.38. The lowest BCUT2D eigenvalue weighted by Crippen LogP contribution is -2.51. The van der Waals surface area contributed by atoms with Crippen LogP contribution in [0.3, 0.4) is 0 Å². The fraction of sp³-hybridized carbons (Fsp3) is 0.524. The van der Waals surface area contributed by atoms with Crippen LogP contribution in [0.15, 0.2) is 29.4 Å². The Labute approximate surface area is 179 Å². The van der Waals surface area contributed by atoms with E-state index in [1.807, 2.05) is 32.0 Å². The number of para-hydroxylation sites is 2. The molecule has 1 aromatic carbocycles. The van der Waals surface area contributed by atoms with Crippen molar-refractivity contribution >= 4 is 28.8 Å². The van der Waals surface area contributed by atoms with Gasteiger partial charge in [0.2, 0.25) is 11.8 Å². The van der Waals surface area contributed by atoms with Crippen LogP contribution in [-0.4, -0.2) is 52.9 Å². The van der Waals surface area contributed by atoms with Gasteiger partial charge in [-0.25, -0.2) is 4.98 Å². The number of rotatable bonds is 10. The molecule has 0 bridgehead atoms. The van der Waals surface area contributed by atoms with Crippen molar-refractivity contribution in [3.8, 4) is 0 Å². The fourth-order valence-electron chi connectivity index (χ4n) is 3.77. The minimum atomic E-state index is -0.813. The molecule has 0 saturated carbocycles. The summed E-state index contributed by atoms with van der Waals surface area (Å²) in [7, 11) is 0. The maximum atomic E-state index is 13.0. The third-order valence-electron chi connectivity index (χ3n) is 5.31. The summed E-state index contributed by atoms with van der Waals surface area (Å²) in [5, 5.41) is 11.2. The van der Waals surface area contributed by atoms with Crippen LogP contribution in [0.1, 0.15) is 43.7 Å². The zero-order valence-corrected chi connectivity index (χ0v) is 17.7. The minimum absolute atomic E-state index is 0.0814. The molecule has 3 rings (SSSR count). The largest absolute Gasteiger partial charge is 0.356 e. The van der Waals surface area contributed by atoms with Gasteiger partial charge in [-0.05, 0) is 37.3 Å². The smallest absolute Gasteiger partial charge is 0.287 e. The molecular weight excluding hydrogens is 400 g/mol. The van der Waals surface area contributed by atoms with Gasteiger partial charge in [-0.3, -0.25) is 14.4 Å². The van der Waals surface area contributed by atoms with Crippen LogP contribution in [0.4, 0.5) is 0 Å². The summed E-state index contributed by atoms with van der Waals surface area (Å²) < 4.78 is 0. The van der Waals surface area contributed by atoms with E-state index in [-0.39, 0.29) is 30.1 Å². The van der Waals surface area contributed by atoms with Gasteiger partial charge in [0.05, 0.1) is 17.1 Å². The summed E-state index contributed by atoms with van der Waals surface area (Å²) in [5.74, 6) is -0.989. The van der Waals surface area contributed by atoms with Gasteiger partial charge in [-0.2, -0.15) is 4.91 Å². The molecule has 166 valence electrons. The van der Waals surface area contributed by atoms with E-state index in [0.717, 1.165) is 5.52 Å². The van der Waals surface area contributed by atoms with Gasteiger partial charge in [0.1, 0.15) is 12.6 Å². The lowest BCUT2D eigenvalue weighted by Gasteiger charge is -2.24. The molecule has 0 radical (unpaired) electrons. The first-order valence-electron chi connectivity index (χ1n) is 10.5. The highest BCUT2D eigenvalue weighted by Gasteiger charge is 2.30. The molecule has 2 unspecified atom stereocenters. The first-order chi connectivity index (χ1) is 14.9.